The monoisotopic (exact) mass is 442 g/mol. The molecule has 1 amide bonds. The smallest absolute Gasteiger partial charge is 0.305 e. The standard InChI is InChI=1S/C23H23FN2O4S/c1-12-4-6-15(7-5-12)23(31)26-14(3)16(10-21(28)25-13(2)8-22(29)30)17-9-20(27)18(24)11-19(17)26/h4-7,9,11,13,27H,8,10H2,1-3H3,(H,25,28)(H,29,30). The zero-order valence-corrected chi connectivity index (χ0v) is 18.2. The van der Waals surface area contributed by atoms with E-state index in [9.17, 15) is 19.1 Å². The van der Waals surface area contributed by atoms with Gasteiger partial charge >= 0.3 is 5.97 Å². The first-order valence-corrected chi connectivity index (χ1v) is 10.1. The van der Waals surface area contributed by atoms with Crippen molar-refractivity contribution < 1.29 is 24.2 Å². The number of hydrogen-bond acceptors (Lipinski definition) is 4. The van der Waals surface area contributed by atoms with Crippen molar-refractivity contribution in [2.75, 3.05) is 0 Å². The number of aryl methyl sites for hydroxylation is 1. The highest BCUT2D eigenvalue weighted by molar-refractivity contribution is 7.80. The van der Waals surface area contributed by atoms with E-state index in [1.165, 1.54) is 12.1 Å². The SMILES string of the molecule is Cc1ccc(C(=S)n2c(C)c(CC(=O)NC(C)CC(=O)O)c3cc(O)c(F)cc32)cc1. The van der Waals surface area contributed by atoms with Crippen LogP contribution in [0.1, 0.15) is 35.7 Å². The molecule has 1 heterocycles. The number of carboxylic acids is 1. The Morgan fingerprint density at radius 3 is 2.45 bits per heavy atom. The number of phenolic OH excluding ortho intramolecular Hbond substituents is 1. The second-order valence-corrected chi connectivity index (χ2v) is 8.02. The maximum Gasteiger partial charge on any atom is 0.305 e. The van der Waals surface area contributed by atoms with Crippen molar-refractivity contribution >= 4 is 40.0 Å². The molecule has 1 atom stereocenters. The molecule has 0 aliphatic heterocycles. The number of rotatable bonds is 6. The Morgan fingerprint density at radius 2 is 1.84 bits per heavy atom. The summed E-state index contributed by atoms with van der Waals surface area (Å²) in [5, 5.41) is 22.0. The number of nitrogens with zero attached hydrogens (tertiary/aromatic N) is 1. The number of fused-ring (bicyclic) bond motifs is 1. The maximum atomic E-state index is 14.2. The molecule has 0 saturated heterocycles. The number of carbonyl (C=O) groups is 2. The van der Waals surface area contributed by atoms with E-state index >= 15 is 0 Å². The number of benzene rings is 2. The van der Waals surface area contributed by atoms with E-state index < -0.39 is 23.6 Å². The van der Waals surface area contributed by atoms with Gasteiger partial charge in [0.05, 0.1) is 18.4 Å². The first kappa shape index (κ1) is 22.4. The third kappa shape index (κ3) is 4.74. The minimum Gasteiger partial charge on any atom is -0.505 e. The Balaban J connectivity index is 2.06. The predicted molar refractivity (Wildman–Crippen MR) is 120 cm³/mol. The number of amides is 1. The van der Waals surface area contributed by atoms with E-state index in [0.717, 1.165) is 11.1 Å². The largest absolute Gasteiger partial charge is 0.505 e. The second-order valence-electron chi connectivity index (χ2n) is 7.63. The van der Waals surface area contributed by atoms with Crippen LogP contribution in [0.25, 0.3) is 10.9 Å². The summed E-state index contributed by atoms with van der Waals surface area (Å²) in [6.07, 6.45) is -0.267. The Kier molecular flexibility index (Phi) is 6.40. The number of halogens is 1. The molecule has 8 heteroatoms. The number of aromatic hydroxyl groups is 1. The van der Waals surface area contributed by atoms with Crippen LogP contribution < -0.4 is 5.32 Å². The first-order valence-electron chi connectivity index (χ1n) is 9.73. The normalized spacial score (nSPS) is 12.0. The quantitative estimate of drug-likeness (QED) is 0.505. The van der Waals surface area contributed by atoms with Crippen LogP contribution in [-0.2, 0) is 16.0 Å². The summed E-state index contributed by atoms with van der Waals surface area (Å²) in [7, 11) is 0. The molecule has 0 aliphatic carbocycles. The Labute approximate surface area is 184 Å². The zero-order chi connectivity index (χ0) is 22.9. The predicted octanol–water partition coefficient (Wildman–Crippen LogP) is 3.85. The van der Waals surface area contributed by atoms with Crippen LogP contribution in [0, 0.1) is 19.7 Å². The van der Waals surface area contributed by atoms with Gasteiger partial charge in [0.25, 0.3) is 0 Å². The van der Waals surface area contributed by atoms with E-state index in [0.29, 0.717) is 27.1 Å². The molecule has 162 valence electrons. The fourth-order valence-electron chi connectivity index (χ4n) is 3.60. The van der Waals surface area contributed by atoms with E-state index in [1.807, 2.05) is 31.2 Å². The lowest BCUT2D eigenvalue weighted by atomic mass is 10.1. The van der Waals surface area contributed by atoms with E-state index in [2.05, 4.69) is 5.32 Å². The van der Waals surface area contributed by atoms with Gasteiger partial charge in [-0.3, -0.25) is 9.59 Å². The topological polar surface area (TPSA) is 91.6 Å². The fourth-order valence-corrected chi connectivity index (χ4v) is 3.97. The van der Waals surface area contributed by atoms with Gasteiger partial charge in [-0.2, -0.15) is 0 Å². The number of phenols is 1. The van der Waals surface area contributed by atoms with Crippen LogP contribution in [0.5, 0.6) is 5.75 Å². The molecule has 1 aromatic heterocycles. The number of hydrogen-bond donors (Lipinski definition) is 3. The molecular weight excluding hydrogens is 419 g/mol. The molecule has 2 aromatic carbocycles. The molecule has 0 radical (unpaired) electrons. The van der Waals surface area contributed by atoms with Gasteiger partial charge in [0.2, 0.25) is 5.91 Å². The molecule has 0 spiro atoms. The third-order valence-corrected chi connectivity index (χ3v) is 5.55. The third-order valence-electron chi connectivity index (χ3n) is 5.13. The average molecular weight is 443 g/mol. The highest BCUT2D eigenvalue weighted by atomic mass is 32.1. The van der Waals surface area contributed by atoms with Gasteiger partial charge < -0.3 is 20.1 Å². The number of carbonyl (C=O) groups excluding carboxylic acids is 1. The molecular formula is C23H23FN2O4S. The van der Waals surface area contributed by atoms with Crippen molar-refractivity contribution in [2.24, 2.45) is 0 Å². The summed E-state index contributed by atoms with van der Waals surface area (Å²) in [6, 6.07) is 9.54. The summed E-state index contributed by atoms with van der Waals surface area (Å²) < 4.78 is 15.9. The Hall–Kier alpha value is -3.26. The summed E-state index contributed by atoms with van der Waals surface area (Å²) in [6.45, 7) is 5.35. The minimum absolute atomic E-state index is 0.0686. The molecule has 31 heavy (non-hydrogen) atoms. The lowest BCUT2D eigenvalue weighted by Crippen LogP contribution is -2.35. The molecule has 0 bridgehead atoms. The van der Waals surface area contributed by atoms with E-state index in [-0.39, 0.29) is 18.7 Å². The molecule has 1 unspecified atom stereocenters. The Morgan fingerprint density at radius 1 is 1.19 bits per heavy atom. The summed E-state index contributed by atoms with van der Waals surface area (Å²) in [5.74, 6) is -2.69. The van der Waals surface area contributed by atoms with Gasteiger partial charge in [-0.1, -0.05) is 42.0 Å². The lowest BCUT2D eigenvalue weighted by molar-refractivity contribution is -0.137. The van der Waals surface area contributed by atoms with E-state index in [1.54, 1.807) is 18.4 Å². The molecule has 0 aliphatic rings. The number of nitrogens with one attached hydrogen (secondary N) is 1. The summed E-state index contributed by atoms with van der Waals surface area (Å²) in [5.41, 5.74) is 3.51. The maximum absolute atomic E-state index is 14.2. The van der Waals surface area contributed by atoms with Crippen molar-refractivity contribution in [1.82, 2.24) is 9.88 Å². The number of thiocarbonyl (C=S) groups is 1. The average Bonchev–Trinajstić information content (AvgIpc) is 2.92. The van der Waals surface area contributed by atoms with Crippen LogP contribution in [0.4, 0.5) is 4.39 Å². The summed E-state index contributed by atoms with van der Waals surface area (Å²) >= 11 is 5.68. The molecule has 0 fully saturated rings. The van der Waals surface area contributed by atoms with E-state index in [4.69, 9.17) is 17.3 Å². The van der Waals surface area contributed by atoms with Crippen LogP contribution >= 0.6 is 12.2 Å². The summed E-state index contributed by atoms with van der Waals surface area (Å²) in [4.78, 5) is 23.8. The van der Waals surface area contributed by atoms with Crippen LogP contribution in [0.15, 0.2) is 36.4 Å². The number of carboxylic acid groups (broad SMARTS) is 1. The van der Waals surface area contributed by atoms with Crippen molar-refractivity contribution in [2.45, 2.75) is 39.7 Å². The van der Waals surface area contributed by atoms with Crippen molar-refractivity contribution in [3.05, 3.63) is 64.6 Å². The molecule has 3 N–H and O–H groups in total. The van der Waals surface area contributed by atoms with Crippen LogP contribution in [0.3, 0.4) is 0 Å². The second kappa shape index (κ2) is 8.85. The molecule has 0 saturated carbocycles. The first-order chi connectivity index (χ1) is 14.6. The van der Waals surface area contributed by atoms with Crippen molar-refractivity contribution in [3.8, 4) is 5.75 Å². The minimum atomic E-state index is -1.01. The highest BCUT2D eigenvalue weighted by Gasteiger charge is 2.22. The van der Waals surface area contributed by atoms with Crippen molar-refractivity contribution in [1.29, 1.82) is 0 Å². The van der Waals surface area contributed by atoms with Gasteiger partial charge in [0.15, 0.2) is 11.6 Å². The Bertz CT molecular complexity index is 1180. The number of aliphatic carboxylic acids is 1. The highest BCUT2D eigenvalue weighted by Crippen LogP contribution is 2.32. The van der Waals surface area contributed by atoms with Gasteiger partial charge in [0.1, 0.15) is 4.99 Å². The van der Waals surface area contributed by atoms with Crippen LogP contribution in [-0.4, -0.2) is 37.7 Å². The fraction of sp³-hybridized carbons (Fsp3) is 0.261. The van der Waals surface area contributed by atoms with Gasteiger partial charge in [-0.05, 0) is 32.4 Å². The molecule has 3 rings (SSSR count). The molecule has 3 aromatic rings. The van der Waals surface area contributed by atoms with Gasteiger partial charge in [-0.15, -0.1) is 0 Å². The zero-order valence-electron chi connectivity index (χ0n) is 17.4. The van der Waals surface area contributed by atoms with Gasteiger partial charge in [0, 0.05) is 28.8 Å². The lowest BCUT2D eigenvalue weighted by Gasteiger charge is -2.13. The molecule has 6 nitrogen and oxygen atoms in total. The van der Waals surface area contributed by atoms with Crippen LogP contribution in [0.2, 0.25) is 0 Å². The number of aromatic nitrogens is 1. The van der Waals surface area contributed by atoms with Gasteiger partial charge in [-0.25, -0.2) is 4.39 Å². The van der Waals surface area contributed by atoms with Crippen molar-refractivity contribution in [3.63, 3.8) is 0 Å².